The summed E-state index contributed by atoms with van der Waals surface area (Å²) in [5.74, 6) is 0.332. The van der Waals surface area contributed by atoms with E-state index in [0.717, 1.165) is 37.9 Å². The van der Waals surface area contributed by atoms with Crippen molar-refractivity contribution in [2.75, 3.05) is 20.6 Å². The summed E-state index contributed by atoms with van der Waals surface area (Å²) in [4.78, 5) is 13.9. The number of rotatable bonds is 5. The zero-order valence-electron chi connectivity index (χ0n) is 10.9. The largest absolute Gasteiger partial charge is 0.351 e. The van der Waals surface area contributed by atoms with Gasteiger partial charge in [0.1, 0.15) is 0 Å². The average molecular weight is 234 g/mol. The highest BCUT2D eigenvalue weighted by Gasteiger charge is 2.19. The molecule has 17 heavy (non-hydrogen) atoms. The summed E-state index contributed by atoms with van der Waals surface area (Å²) < 4.78 is 2.28. The SMILES string of the molecule is CN(C)CCCCn1ccc2c1CCCC2=O. The normalized spacial score (nSPS) is 15.4. The van der Waals surface area contributed by atoms with Gasteiger partial charge in [-0.2, -0.15) is 0 Å². The minimum absolute atomic E-state index is 0.332. The van der Waals surface area contributed by atoms with Crippen LogP contribution >= 0.6 is 0 Å². The quantitative estimate of drug-likeness (QED) is 0.731. The van der Waals surface area contributed by atoms with E-state index in [4.69, 9.17) is 0 Å². The van der Waals surface area contributed by atoms with Crippen LogP contribution in [0.15, 0.2) is 12.3 Å². The van der Waals surface area contributed by atoms with Crippen molar-refractivity contribution in [1.29, 1.82) is 0 Å². The Morgan fingerprint density at radius 3 is 2.88 bits per heavy atom. The van der Waals surface area contributed by atoms with Crippen LogP contribution in [0.4, 0.5) is 0 Å². The Morgan fingerprint density at radius 2 is 2.12 bits per heavy atom. The first kappa shape index (κ1) is 12.4. The van der Waals surface area contributed by atoms with E-state index in [2.05, 4.69) is 29.8 Å². The van der Waals surface area contributed by atoms with Gasteiger partial charge in [0.25, 0.3) is 0 Å². The van der Waals surface area contributed by atoms with Gasteiger partial charge in [0, 0.05) is 30.4 Å². The molecule has 3 heteroatoms. The van der Waals surface area contributed by atoms with Crippen molar-refractivity contribution in [1.82, 2.24) is 9.47 Å². The summed E-state index contributed by atoms with van der Waals surface area (Å²) in [6.07, 6.45) is 7.32. The molecule has 0 fully saturated rings. The third-order valence-electron chi connectivity index (χ3n) is 3.45. The Hall–Kier alpha value is -1.09. The molecule has 1 aliphatic rings. The molecule has 1 aromatic rings. The van der Waals surface area contributed by atoms with Gasteiger partial charge in [0.15, 0.2) is 5.78 Å². The second kappa shape index (κ2) is 5.50. The molecule has 94 valence electrons. The number of ketones is 1. The summed E-state index contributed by atoms with van der Waals surface area (Å²) in [5, 5.41) is 0. The van der Waals surface area contributed by atoms with E-state index in [1.165, 1.54) is 18.5 Å². The fourth-order valence-electron chi connectivity index (χ4n) is 2.51. The fraction of sp³-hybridized carbons (Fsp3) is 0.643. The minimum Gasteiger partial charge on any atom is -0.351 e. The fourth-order valence-corrected chi connectivity index (χ4v) is 2.51. The van der Waals surface area contributed by atoms with Crippen LogP contribution < -0.4 is 0 Å². The maximum absolute atomic E-state index is 11.7. The number of Topliss-reactive ketones (excluding diaryl/α,β-unsaturated/α-hetero) is 1. The monoisotopic (exact) mass is 234 g/mol. The first-order valence-corrected chi connectivity index (χ1v) is 6.54. The van der Waals surface area contributed by atoms with Gasteiger partial charge in [-0.05, 0) is 52.4 Å². The molecule has 1 heterocycles. The summed E-state index contributed by atoms with van der Waals surface area (Å²) in [6.45, 7) is 2.19. The molecule has 0 atom stereocenters. The summed E-state index contributed by atoms with van der Waals surface area (Å²) in [7, 11) is 4.21. The number of carbonyl (C=O) groups is 1. The number of carbonyl (C=O) groups excluding carboxylic acids is 1. The molecule has 0 bridgehead atoms. The van der Waals surface area contributed by atoms with Crippen LogP contribution in [0.2, 0.25) is 0 Å². The molecule has 3 nitrogen and oxygen atoms in total. The average Bonchev–Trinajstić information content (AvgIpc) is 2.69. The van der Waals surface area contributed by atoms with E-state index < -0.39 is 0 Å². The van der Waals surface area contributed by atoms with E-state index >= 15 is 0 Å². The third kappa shape index (κ3) is 2.97. The number of nitrogens with zero attached hydrogens (tertiary/aromatic N) is 2. The predicted molar refractivity (Wildman–Crippen MR) is 69.5 cm³/mol. The Balaban J connectivity index is 1.91. The van der Waals surface area contributed by atoms with Crippen molar-refractivity contribution < 1.29 is 4.79 Å². The lowest BCUT2D eigenvalue weighted by molar-refractivity contribution is 0.0971. The molecule has 0 radical (unpaired) electrons. The van der Waals surface area contributed by atoms with Gasteiger partial charge in [0.2, 0.25) is 0 Å². The van der Waals surface area contributed by atoms with Gasteiger partial charge in [0.05, 0.1) is 0 Å². The number of fused-ring (bicyclic) bond motifs is 1. The van der Waals surface area contributed by atoms with Crippen LogP contribution in [0.5, 0.6) is 0 Å². The highest BCUT2D eigenvalue weighted by atomic mass is 16.1. The van der Waals surface area contributed by atoms with E-state index in [0.29, 0.717) is 5.78 Å². The molecule has 1 aromatic heterocycles. The Morgan fingerprint density at radius 1 is 1.29 bits per heavy atom. The van der Waals surface area contributed by atoms with E-state index in [1.54, 1.807) is 0 Å². The van der Waals surface area contributed by atoms with Gasteiger partial charge >= 0.3 is 0 Å². The molecule has 0 saturated heterocycles. The molecular formula is C14H22N2O. The molecule has 0 amide bonds. The van der Waals surface area contributed by atoms with Gasteiger partial charge in [-0.1, -0.05) is 0 Å². The topological polar surface area (TPSA) is 25.2 Å². The highest BCUT2D eigenvalue weighted by molar-refractivity contribution is 5.98. The predicted octanol–water partition coefficient (Wildman–Crippen LogP) is 2.35. The van der Waals surface area contributed by atoms with E-state index in [1.807, 2.05) is 6.07 Å². The van der Waals surface area contributed by atoms with Gasteiger partial charge in [-0.25, -0.2) is 0 Å². The molecule has 0 unspecified atom stereocenters. The molecule has 0 N–H and O–H groups in total. The lowest BCUT2D eigenvalue weighted by atomic mass is 9.97. The van der Waals surface area contributed by atoms with Crippen LogP contribution in [0, 0.1) is 0 Å². The Bertz CT molecular complexity index is 393. The lowest BCUT2D eigenvalue weighted by Gasteiger charge is -2.15. The second-order valence-electron chi connectivity index (χ2n) is 5.16. The maximum atomic E-state index is 11.7. The zero-order chi connectivity index (χ0) is 12.3. The van der Waals surface area contributed by atoms with Gasteiger partial charge in [-0.15, -0.1) is 0 Å². The summed E-state index contributed by atoms with van der Waals surface area (Å²) in [5.41, 5.74) is 2.25. The number of aromatic nitrogens is 1. The molecule has 2 rings (SSSR count). The molecule has 0 aliphatic heterocycles. The van der Waals surface area contributed by atoms with Crippen LogP contribution in [0.25, 0.3) is 0 Å². The minimum atomic E-state index is 0.332. The standard InChI is InChI=1S/C14H22N2O/c1-15(2)9-3-4-10-16-11-8-12-13(16)6-5-7-14(12)17/h8,11H,3-7,9-10H2,1-2H3. The van der Waals surface area contributed by atoms with Crippen LogP contribution in [-0.2, 0) is 13.0 Å². The van der Waals surface area contributed by atoms with Crippen LogP contribution in [-0.4, -0.2) is 35.9 Å². The second-order valence-corrected chi connectivity index (χ2v) is 5.16. The Labute approximate surface area is 103 Å². The number of hydrogen-bond donors (Lipinski definition) is 0. The first-order valence-electron chi connectivity index (χ1n) is 6.54. The van der Waals surface area contributed by atoms with E-state index in [9.17, 15) is 4.79 Å². The first-order chi connectivity index (χ1) is 8.18. The van der Waals surface area contributed by atoms with Crippen molar-refractivity contribution in [3.05, 3.63) is 23.5 Å². The van der Waals surface area contributed by atoms with E-state index in [-0.39, 0.29) is 0 Å². The number of aryl methyl sites for hydroxylation is 1. The van der Waals surface area contributed by atoms with Crippen molar-refractivity contribution in [3.63, 3.8) is 0 Å². The van der Waals surface area contributed by atoms with Gasteiger partial charge < -0.3 is 9.47 Å². The van der Waals surface area contributed by atoms with Crippen molar-refractivity contribution in [2.24, 2.45) is 0 Å². The highest BCUT2D eigenvalue weighted by Crippen LogP contribution is 2.22. The third-order valence-corrected chi connectivity index (χ3v) is 3.45. The Kier molecular flexibility index (Phi) is 4.00. The van der Waals surface area contributed by atoms with Crippen molar-refractivity contribution >= 4 is 5.78 Å². The molecular weight excluding hydrogens is 212 g/mol. The summed E-state index contributed by atoms with van der Waals surface area (Å²) >= 11 is 0. The van der Waals surface area contributed by atoms with Crippen LogP contribution in [0.3, 0.4) is 0 Å². The molecule has 1 aliphatic carbocycles. The number of unbranched alkanes of at least 4 members (excludes halogenated alkanes) is 1. The maximum Gasteiger partial charge on any atom is 0.164 e. The van der Waals surface area contributed by atoms with Crippen molar-refractivity contribution in [3.8, 4) is 0 Å². The number of hydrogen-bond acceptors (Lipinski definition) is 2. The lowest BCUT2D eigenvalue weighted by Crippen LogP contribution is -2.15. The zero-order valence-corrected chi connectivity index (χ0v) is 10.9. The van der Waals surface area contributed by atoms with Gasteiger partial charge in [-0.3, -0.25) is 4.79 Å². The smallest absolute Gasteiger partial charge is 0.164 e. The molecule has 0 aromatic carbocycles. The van der Waals surface area contributed by atoms with Crippen molar-refractivity contribution in [2.45, 2.75) is 38.6 Å². The summed E-state index contributed by atoms with van der Waals surface area (Å²) in [6, 6.07) is 2.00. The molecule has 0 spiro atoms. The van der Waals surface area contributed by atoms with Crippen LogP contribution in [0.1, 0.15) is 41.7 Å². The molecule has 0 saturated carbocycles.